The Bertz CT molecular complexity index is 915. The molecule has 0 spiro atoms. The number of pyridine rings is 2. The van der Waals surface area contributed by atoms with Gasteiger partial charge in [-0.15, -0.1) is 0 Å². The number of benzene rings is 1. The van der Waals surface area contributed by atoms with E-state index in [2.05, 4.69) is 9.97 Å². The summed E-state index contributed by atoms with van der Waals surface area (Å²) in [5.41, 5.74) is 5.11. The lowest BCUT2D eigenvalue weighted by atomic mass is 9.96. The number of nitrogens with zero attached hydrogens (tertiary/aromatic N) is 1. The van der Waals surface area contributed by atoms with Crippen molar-refractivity contribution in [1.29, 1.82) is 0 Å². The number of H-pyrrole nitrogens is 1. The topological polar surface area (TPSA) is 45.8 Å². The lowest BCUT2D eigenvalue weighted by Crippen LogP contribution is -2.14. The SMILES string of the molecule is O=c1[nH]c(-c2ccccn2)c2c(c1-c1ccc(F)cc1)CCC2. The summed E-state index contributed by atoms with van der Waals surface area (Å²) >= 11 is 0. The highest BCUT2D eigenvalue weighted by atomic mass is 19.1. The molecule has 1 aliphatic carbocycles. The van der Waals surface area contributed by atoms with Gasteiger partial charge in [-0.2, -0.15) is 0 Å². The van der Waals surface area contributed by atoms with E-state index < -0.39 is 0 Å². The molecule has 0 saturated carbocycles. The van der Waals surface area contributed by atoms with Crippen LogP contribution in [0.4, 0.5) is 4.39 Å². The smallest absolute Gasteiger partial charge is 0.256 e. The van der Waals surface area contributed by atoms with Crippen LogP contribution in [0.1, 0.15) is 17.5 Å². The molecule has 1 N–H and O–H groups in total. The van der Waals surface area contributed by atoms with Gasteiger partial charge in [0.25, 0.3) is 5.56 Å². The van der Waals surface area contributed by atoms with Gasteiger partial charge in [0.15, 0.2) is 0 Å². The van der Waals surface area contributed by atoms with Crippen LogP contribution in [0.25, 0.3) is 22.5 Å². The van der Waals surface area contributed by atoms with E-state index >= 15 is 0 Å². The summed E-state index contributed by atoms with van der Waals surface area (Å²) in [6, 6.07) is 11.8. The highest BCUT2D eigenvalue weighted by Crippen LogP contribution is 2.34. The maximum absolute atomic E-state index is 13.2. The first-order valence-corrected chi connectivity index (χ1v) is 7.69. The van der Waals surface area contributed by atoms with Crippen LogP contribution in [-0.2, 0) is 12.8 Å². The summed E-state index contributed by atoms with van der Waals surface area (Å²) < 4.78 is 13.2. The van der Waals surface area contributed by atoms with Gasteiger partial charge < -0.3 is 4.98 Å². The van der Waals surface area contributed by atoms with Crippen molar-refractivity contribution in [3.05, 3.63) is 76.0 Å². The van der Waals surface area contributed by atoms with E-state index in [4.69, 9.17) is 0 Å². The van der Waals surface area contributed by atoms with Crippen molar-refractivity contribution in [3.8, 4) is 22.5 Å². The second kappa shape index (κ2) is 5.47. The van der Waals surface area contributed by atoms with Gasteiger partial charge in [0.1, 0.15) is 5.82 Å². The molecule has 23 heavy (non-hydrogen) atoms. The standard InChI is InChI=1S/C19H15FN2O/c20-13-9-7-12(8-10-13)17-14-4-3-5-15(14)18(22-19(17)23)16-6-1-2-11-21-16/h1-2,6-11H,3-5H2,(H,22,23). The second-order valence-corrected chi connectivity index (χ2v) is 5.74. The van der Waals surface area contributed by atoms with E-state index in [1.807, 2.05) is 18.2 Å². The maximum atomic E-state index is 13.2. The Morgan fingerprint density at radius 1 is 1.00 bits per heavy atom. The van der Waals surface area contributed by atoms with E-state index in [1.165, 1.54) is 12.1 Å². The Morgan fingerprint density at radius 3 is 2.52 bits per heavy atom. The van der Waals surface area contributed by atoms with Gasteiger partial charge in [-0.25, -0.2) is 4.39 Å². The van der Waals surface area contributed by atoms with Crippen molar-refractivity contribution >= 4 is 0 Å². The zero-order chi connectivity index (χ0) is 15.8. The fraction of sp³-hybridized carbons (Fsp3) is 0.158. The largest absolute Gasteiger partial charge is 0.320 e. The number of nitrogens with one attached hydrogen (secondary N) is 1. The van der Waals surface area contributed by atoms with Crippen molar-refractivity contribution in [2.75, 3.05) is 0 Å². The van der Waals surface area contributed by atoms with Crippen LogP contribution in [0.5, 0.6) is 0 Å². The van der Waals surface area contributed by atoms with Gasteiger partial charge in [-0.1, -0.05) is 18.2 Å². The van der Waals surface area contributed by atoms with Crippen molar-refractivity contribution < 1.29 is 4.39 Å². The van der Waals surface area contributed by atoms with Gasteiger partial charge in [-0.05, 0) is 60.2 Å². The molecule has 2 aromatic heterocycles. The summed E-state index contributed by atoms with van der Waals surface area (Å²) in [5, 5.41) is 0. The molecule has 0 fully saturated rings. The molecule has 0 amide bonds. The fourth-order valence-electron chi connectivity index (χ4n) is 3.34. The highest BCUT2D eigenvalue weighted by Gasteiger charge is 2.23. The van der Waals surface area contributed by atoms with E-state index in [-0.39, 0.29) is 11.4 Å². The van der Waals surface area contributed by atoms with E-state index in [0.717, 1.165) is 47.3 Å². The van der Waals surface area contributed by atoms with Crippen LogP contribution in [-0.4, -0.2) is 9.97 Å². The van der Waals surface area contributed by atoms with Gasteiger partial charge in [0.2, 0.25) is 0 Å². The Balaban J connectivity index is 1.96. The third-order valence-corrected chi connectivity index (χ3v) is 4.34. The van der Waals surface area contributed by atoms with E-state index in [9.17, 15) is 9.18 Å². The van der Waals surface area contributed by atoms with E-state index in [1.54, 1.807) is 18.3 Å². The van der Waals surface area contributed by atoms with Crippen LogP contribution < -0.4 is 5.56 Å². The van der Waals surface area contributed by atoms with Gasteiger partial charge in [-0.3, -0.25) is 9.78 Å². The summed E-state index contributed by atoms with van der Waals surface area (Å²) in [7, 11) is 0. The second-order valence-electron chi connectivity index (χ2n) is 5.74. The predicted molar refractivity (Wildman–Crippen MR) is 87.7 cm³/mol. The summed E-state index contributed by atoms with van der Waals surface area (Å²) in [4.78, 5) is 20.0. The Labute approximate surface area is 132 Å². The van der Waals surface area contributed by atoms with Crippen molar-refractivity contribution in [3.63, 3.8) is 0 Å². The molecule has 2 heterocycles. The zero-order valence-electron chi connectivity index (χ0n) is 12.5. The maximum Gasteiger partial charge on any atom is 0.256 e. The van der Waals surface area contributed by atoms with E-state index in [0.29, 0.717) is 5.56 Å². The van der Waals surface area contributed by atoms with Crippen molar-refractivity contribution in [2.24, 2.45) is 0 Å². The number of aromatic nitrogens is 2. The molecule has 3 aromatic rings. The molecule has 1 aromatic carbocycles. The Kier molecular flexibility index (Phi) is 3.30. The molecule has 0 radical (unpaired) electrons. The van der Waals surface area contributed by atoms with Crippen LogP contribution in [0.3, 0.4) is 0 Å². The van der Waals surface area contributed by atoms with Crippen LogP contribution in [0, 0.1) is 5.82 Å². The number of hydrogen-bond donors (Lipinski definition) is 1. The summed E-state index contributed by atoms with van der Waals surface area (Å²) in [5.74, 6) is -0.299. The number of hydrogen-bond acceptors (Lipinski definition) is 2. The Hall–Kier alpha value is -2.75. The summed E-state index contributed by atoms with van der Waals surface area (Å²) in [6.07, 6.45) is 4.53. The molecule has 4 heteroatoms. The average Bonchev–Trinajstić information content (AvgIpc) is 3.05. The molecular weight excluding hydrogens is 291 g/mol. The molecule has 3 nitrogen and oxygen atoms in total. The lowest BCUT2D eigenvalue weighted by molar-refractivity contribution is 0.628. The van der Waals surface area contributed by atoms with Crippen LogP contribution in [0.15, 0.2) is 53.5 Å². The lowest BCUT2D eigenvalue weighted by Gasteiger charge is -2.12. The summed E-state index contributed by atoms with van der Waals surface area (Å²) in [6.45, 7) is 0. The van der Waals surface area contributed by atoms with Gasteiger partial charge in [0, 0.05) is 6.20 Å². The monoisotopic (exact) mass is 306 g/mol. The molecule has 0 bridgehead atoms. The van der Waals surface area contributed by atoms with Gasteiger partial charge >= 0.3 is 0 Å². The fourth-order valence-corrected chi connectivity index (χ4v) is 3.34. The third-order valence-electron chi connectivity index (χ3n) is 4.34. The molecule has 114 valence electrons. The molecule has 0 atom stereocenters. The first-order chi connectivity index (χ1) is 11.2. The minimum absolute atomic E-state index is 0.141. The number of rotatable bonds is 2. The predicted octanol–water partition coefficient (Wildman–Crippen LogP) is 3.73. The Morgan fingerprint density at radius 2 is 1.78 bits per heavy atom. The van der Waals surface area contributed by atoms with Crippen LogP contribution >= 0.6 is 0 Å². The number of halogens is 1. The molecular formula is C19H15FN2O. The third kappa shape index (κ3) is 2.36. The number of fused-ring (bicyclic) bond motifs is 1. The highest BCUT2D eigenvalue weighted by molar-refractivity contribution is 5.73. The quantitative estimate of drug-likeness (QED) is 0.784. The molecule has 0 unspecified atom stereocenters. The first-order valence-electron chi connectivity index (χ1n) is 7.69. The molecule has 0 aliphatic heterocycles. The molecule has 1 aliphatic rings. The molecule has 4 rings (SSSR count). The normalized spacial score (nSPS) is 13.1. The average molecular weight is 306 g/mol. The van der Waals surface area contributed by atoms with Gasteiger partial charge in [0.05, 0.1) is 17.0 Å². The van der Waals surface area contributed by atoms with Crippen LogP contribution in [0.2, 0.25) is 0 Å². The minimum atomic E-state index is -0.299. The van der Waals surface area contributed by atoms with Crippen molar-refractivity contribution in [2.45, 2.75) is 19.3 Å². The molecule has 0 saturated heterocycles. The van der Waals surface area contributed by atoms with Crippen molar-refractivity contribution in [1.82, 2.24) is 9.97 Å². The zero-order valence-corrected chi connectivity index (χ0v) is 12.5. The minimum Gasteiger partial charge on any atom is -0.320 e. The first kappa shape index (κ1) is 13.9. The number of aromatic amines is 1.